The molecule has 0 N–H and O–H groups in total. The van der Waals surface area contributed by atoms with Gasteiger partial charge in [-0.15, -0.1) is 0 Å². The Morgan fingerprint density at radius 2 is 0.947 bits per heavy atom. The first-order chi connectivity index (χ1) is 36.1. The molecule has 0 spiro atoms. The van der Waals surface area contributed by atoms with Crippen molar-refractivity contribution in [2.75, 3.05) is 14.7 Å². The number of benzene rings is 10. The summed E-state index contributed by atoms with van der Waals surface area (Å²) in [5.74, 6) is 0. The smallest absolute Gasteiger partial charge is 0.252 e. The van der Waals surface area contributed by atoms with E-state index in [0.29, 0.717) is 0 Å². The van der Waals surface area contributed by atoms with Crippen molar-refractivity contribution in [1.82, 2.24) is 4.57 Å². The number of rotatable bonds is 5. The Morgan fingerprint density at radius 3 is 1.63 bits per heavy atom. The molecule has 75 heavy (non-hydrogen) atoms. The molecule has 0 unspecified atom stereocenters. The minimum Gasteiger partial charge on any atom is -0.311 e. The van der Waals surface area contributed by atoms with E-state index in [2.05, 4.69) is 288 Å². The summed E-state index contributed by atoms with van der Waals surface area (Å²) in [5, 5.41) is 5.05. The van der Waals surface area contributed by atoms with E-state index in [0.717, 1.165) is 22.7 Å². The summed E-state index contributed by atoms with van der Waals surface area (Å²) in [7, 11) is 0. The molecule has 0 atom stereocenters. The van der Waals surface area contributed by atoms with Gasteiger partial charge in [-0.1, -0.05) is 184 Å². The average Bonchev–Trinajstić information content (AvgIpc) is 3.88. The Kier molecular flexibility index (Phi) is 9.74. The summed E-state index contributed by atoms with van der Waals surface area (Å²) in [6.07, 6.45) is 0. The largest absolute Gasteiger partial charge is 0.311 e. The molecule has 1 aromatic heterocycles. The molecule has 5 heteroatoms. The first-order valence-corrected chi connectivity index (χ1v) is 26.8. The number of hydrogen-bond donors (Lipinski definition) is 0. The quantitative estimate of drug-likeness (QED) is 0.160. The zero-order valence-electron chi connectivity index (χ0n) is 44.5. The molecule has 10 aromatic carbocycles. The molecule has 0 bridgehead atoms. The van der Waals surface area contributed by atoms with Crippen molar-refractivity contribution >= 4 is 107 Å². The van der Waals surface area contributed by atoms with Crippen LogP contribution < -0.4 is 31.1 Å². The van der Waals surface area contributed by atoms with E-state index >= 15 is 0 Å². The lowest BCUT2D eigenvalue weighted by Crippen LogP contribution is -2.62. The van der Waals surface area contributed by atoms with Crippen molar-refractivity contribution in [3.05, 3.63) is 223 Å². The van der Waals surface area contributed by atoms with Crippen LogP contribution in [0.2, 0.25) is 0 Å². The molecular formula is C70H61BN4. The van der Waals surface area contributed by atoms with Gasteiger partial charge in [0.05, 0.1) is 28.1 Å². The fourth-order valence-electron chi connectivity index (χ4n) is 12.6. The van der Waals surface area contributed by atoms with Gasteiger partial charge in [-0.3, -0.25) is 0 Å². The minimum atomic E-state index is -0.152. The van der Waals surface area contributed by atoms with Crippen molar-refractivity contribution in [3.63, 3.8) is 0 Å². The van der Waals surface area contributed by atoms with Gasteiger partial charge in [-0.2, -0.15) is 0 Å². The maximum absolute atomic E-state index is 2.63. The molecule has 0 saturated heterocycles. The predicted molar refractivity (Wildman–Crippen MR) is 322 cm³/mol. The van der Waals surface area contributed by atoms with Crippen molar-refractivity contribution in [1.29, 1.82) is 0 Å². The van der Waals surface area contributed by atoms with Crippen LogP contribution in [0.1, 0.15) is 79.0 Å². The number of fused-ring (bicyclic) bond motifs is 10. The van der Waals surface area contributed by atoms with Gasteiger partial charge in [0.1, 0.15) is 0 Å². The van der Waals surface area contributed by atoms with E-state index in [1.807, 2.05) is 0 Å². The predicted octanol–water partition coefficient (Wildman–Crippen LogP) is 17.4. The first-order valence-electron chi connectivity index (χ1n) is 26.8. The molecule has 3 aliphatic rings. The molecule has 0 fully saturated rings. The molecule has 4 nitrogen and oxygen atoms in total. The fourth-order valence-corrected chi connectivity index (χ4v) is 12.6. The molecule has 0 aliphatic carbocycles. The molecular weight excluding hydrogens is 908 g/mol. The van der Waals surface area contributed by atoms with E-state index in [4.69, 9.17) is 0 Å². The summed E-state index contributed by atoms with van der Waals surface area (Å²) in [4.78, 5) is 7.67. The standard InChI is InChI=1S/C70H61BN4/c1-68(2,3)48-28-34-51(35-29-48)72(52-36-30-49(31-37-52)69(4,5)6)54-38-39-57-62(43-54)73(53-32-26-45(27-33-53)47-25-24-44-16-10-11-17-46(44)40-47)63-41-50(70(7,8)9)42-64-65(63)71(57)58-20-15-23-61-67(58)75(64)60-22-14-19-56-55-18-12-13-21-59(55)74(61)66(56)60/h10-43H,1-9H3. The third-order valence-corrected chi connectivity index (χ3v) is 16.5. The van der Waals surface area contributed by atoms with Crippen molar-refractivity contribution in [2.45, 2.75) is 78.6 Å². The van der Waals surface area contributed by atoms with Crippen molar-refractivity contribution in [3.8, 4) is 16.8 Å². The van der Waals surface area contributed by atoms with Gasteiger partial charge >= 0.3 is 0 Å². The summed E-state index contributed by atoms with van der Waals surface area (Å²) in [5.41, 5.74) is 24.5. The van der Waals surface area contributed by atoms with Gasteiger partial charge in [-0.25, -0.2) is 0 Å². The van der Waals surface area contributed by atoms with Gasteiger partial charge in [-0.05, 0) is 156 Å². The van der Waals surface area contributed by atoms with E-state index < -0.39 is 0 Å². The first kappa shape index (κ1) is 45.3. The maximum Gasteiger partial charge on any atom is 0.252 e. The van der Waals surface area contributed by atoms with Crippen molar-refractivity contribution < 1.29 is 0 Å². The van der Waals surface area contributed by atoms with Crippen LogP contribution >= 0.6 is 0 Å². The van der Waals surface area contributed by atoms with E-state index in [1.165, 1.54) is 111 Å². The highest BCUT2D eigenvalue weighted by Crippen LogP contribution is 2.53. The van der Waals surface area contributed by atoms with Crippen LogP contribution in [-0.2, 0) is 16.2 Å². The van der Waals surface area contributed by atoms with E-state index in [9.17, 15) is 0 Å². The number of anilines is 9. The Morgan fingerprint density at radius 1 is 0.373 bits per heavy atom. The summed E-state index contributed by atoms with van der Waals surface area (Å²) in [6, 6.07) is 78.5. The average molecular weight is 969 g/mol. The number of hydrogen-bond acceptors (Lipinski definition) is 3. The lowest BCUT2D eigenvalue weighted by atomic mass is 9.33. The highest BCUT2D eigenvalue weighted by Gasteiger charge is 2.47. The lowest BCUT2D eigenvalue weighted by Gasteiger charge is -2.47. The number of aromatic nitrogens is 1. The fraction of sp³-hybridized carbons (Fsp3) is 0.171. The molecule has 0 saturated carbocycles. The van der Waals surface area contributed by atoms with E-state index in [-0.39, 0.29) is 23.0 Å². The van der Waals surface area contributed by atoms with Gasteiger partial charge in [0.2, 0.25) is 0 Å². The monoisotopic (exact) mass is 968 g/mol. The Bertz CT molecular complexity index is 4070. The maximum atomic E-state index is 2.63. The third kappa shape index (κ3) is 6.97. The zero-order chi connectivity index (χ0) is 51.3. The van der Waals surface area contributed by atoms with Gasteiger partial charge in [0.25, 0.3) is 6.71 Å². The lowest BCUT2D eigenvalue weighted by molar-refractivity contribution is 0.590. The van der Waals surface area contributed by atoms with Crippen LogP contribution in [-0.4, -0.2) is 11.3 Å². The second-order valence-electron chi connectivity index (χ2n) is 24.3. The van der Waals surface area contributed by atoms with Crippen LogP contribution in [0.4, 0.5) is 51.2 Å². The Hall–Kier alpha value is -8.28. The van der Waals surface area contributed by atoms with Crippen molar-refractivity contribution in [2.24, 2.45) is 0 Å². The molecule has 3 aliphatic heterocycles. The summed E-state index contributed by atoms with van der Waals surface area (Å²) < 4.78 is 2.54. The van der Waals surface area contributed by atoms with Crippen LogP contribution in [0, 0.1) is 0 Å². The number of para-hydroxylation sites is 3. The Labute approximate surface area is 442 Å². The molecule has 14 rings (SSSR count). The SMILES string of the molecule is CC(C)(C)c1ccc(N(c2ccc(C(C)(C)C)cc2)c2ccc3c(c2)N(c2ccc(-c4ccc5ccccc5c4)cc2)c2cc(C(C)(C)C)cc4c2B3c2cccc3c2N4c2cccc4c5ccccc5n-3c24)cc1. The zero-order valence-corrected chi connectivity index (χ0v) is 44.5. The van der Waals surface area contributed by atoms with Crippen LogP contribution in [0.3, 0.4) is 0 Å². The number of nitrogens with zero attached hydrogens (tertiary/aromatic N) is 4. The van der Waals surface area contributed by atoms with Gasteiger partial charge in [0, 0.05) is 50.6 Å². The second kappa shape index (κ2) is 16.1. The van der Waals surface area contributed by atoms with Crippen LogP contribution in [0.5, 0.6) is 0 Å². The minimum absolute atomic E-state index is 0.0285. The highest BCUT2D eigenvalue weighted by atomic mass is 15.2. The normalized spacial score (nSPS) is 13.6. The third-order valence-electron chi connectivity index (χ3n) is 16.5. The second-order valence-corrected chi connectivity index (χ2v) is 24.3. The molecule has 0 radical (unpaired) electrons. The molecule has 0 amide bonds. The van der Waals surface area contributed by atoms with Crippen LogP contribution in [0.15, 0.2) is 206 Å². The van der Waals surface area contributed by atoms with Gasteiger partial charge < -0.3 is 19.3 Å². The summed E-state index contributed by atoms with van der Waals surface area (Å²) in [6.45, 7) is 20.8. The summed E-state index contributed by atoms with van der Waals surface area (Å²) >= 11 is 0. The van der Waals surface area contributed by atoms with E-state index in [1.54, 1.807) is 0 Å². The molecule has 364 valence electrons. The molecule has 11 aromatic rings. The van der Waals surface area contributed by atoms with Gasteiger partial charge in [0.15, 0.2) is 0 Å². The van der Waals surface area contributed by atoms with Crippen LogP contribution in [0.25, 0.3) is 49.4 Å². The Balaban J connectivity index is 1.04. The molecule has 4 heterocycles. The highest BCUT2D eigenvalue weighted by molar-refractivity contribution is 7.00. The topological polar surface area (TPSA) is 14.7 Å².